The van der Waals surface area contributed by atoms with Crippen molar-refractivity contribution in [2.45, 2.75) is 89.9 Å². The van der Waals surface area contributed by atoms with E-state index in [0.29, 0.717) is 23.6 Å². The van der Waals surface area contributed by atoms with Crippen LogP contribution in [0.2, 0.25) is 0 Å². The van der Waals surface area contributed by atoms with Crippen LogP contribution in [0.5, 0.6) is 5.75 Å². The maximum Gasteiger partial charge on any atom is 0.420 e. The summed E-state index contributed by atoms with van der Waals surface area (Å²) in [6.45, 7) is 7.76. The molecule has 2 aromatic heterocycles. The van der Waals surface area contributed by atoms with Gasteiger partial charge < -0.3 is 39.4 Å². The topological polar surface area (TPSA) is 186 Å². The Morgan fingerprint density at radius 1 is 0.973 bits per heavy atom. The average Bonchev–Trinajstić information content (AvgIpc) is 3.97. The summed E-state index contributed by atoms with van der Waals surface area (Å²) in [7, 11) is 1.76. The average molecular weight is 1040 g/mol. The third-order valence-corrected chi connectivity index (χ3v) is 13.0. The molecule has 2 fully saturated rings. The number of halogens is 6. The molecule has 7 rings (SSSR count). The Morgan fingerprint density at radius 3 is 2.32 bits per heavy atom. The summed E-state index contributed by atoms with van der Waals surface area (Å²) in [6.07, 6.45) is -3.78. The number of unbranched alkanes of at least 4 members (excludes halogenated alkanes) is 1. The highest BCUT2D eigenvalue weighted by Crippen LogP contribution is 2.43. The summed E-state index contributed by atoms with van der Waals surface area (Å²) < 4.78 is 101. The molecular weight excluding hydrogens is 983 g/mol. The monoisotopic (exact) mass is 1030 g/mol. The van der Waals surface area contributed by atoms with Gasteiger partial charge in [-0.05, 0) is 86.6 Å². The number of hydrogen-bond acceptors (Lipinski definition) is 11. The van der Waals surface area contributed by atoms with Crippen LogP contribution < -0.4 is 19.9 Å². The number of benzene rings is 3. The van der Waals surface area contributed by atoms with E-state index in [4.69, 9.17) is 27.0 Å². The number of aliphatic hydroxyl groups excluding tert-OH is 2. The maximum atomic E-state index is 15.8. The molecule has 0 bridgehead atoms. The van der Waals surface area contributed by atoms with Gasteiger partial charge in [-0.2, -0.15) is 18.4 Å². The number of likely N-dealkylation sites (tertiary alicyclic amines) is 1. The predicted octanol–water partition coefficient (Wildman–Crippen LogP) is 7.78. The fourth-order valence-electron chi connectivity index (χ4n) is 8.89. The molecule has 4 atom stereocenters. The summed E-state index contributed by atoms with van der Waals surface area (Å²) in [5, 5.41) is 33.7. The molecule has 2 aliphatic heterocycles. The van der Waals surface area contributed by atoms with E-state index >= 15 is 13.2 Å². The van der Waals surface area contributed by atoms with E-state index in [-0.39, 0.29) is 55.5 Å². The van der Waals surface area contributed by atoms with Gasteiger partial charge in [-0.15, -0.1) is 0 Å². The molecule has 0 saturated carbocycles. The number of nitrogens with zero attached hydrogens (tertiary/aromatic N) is 7. The molecule has 386 valence electrons. The molecular formula is C51H52F6N8O7S. The van der Waals surface area contributed by atoms with Crippen LogP contribution >= 0.6 is 12.2 Å². The summed E-state index contributed by atoms with van der Waals surface area (Å²) in [5.41, 5.74) is -4.94. The molecule has 1 unspecified atom stereocenters. The van der Waals surface area contributed by atoms with Crippen LogP contribution in [0.15, 0.2) is 79.1 Å². The van der Waals surface area contributed by atoms with Gasteiger partial charge in [0, 0.05) is 31.8 Å². The Labute approximate surface area is 422 Å². The van der Waals surface area contributed by atoms with Crippen molar-refractivity contribution in [2.24, 2.45) is 12.5 Å². The first-order valence-electron chi connectivity index (χ1n) is 23.0. The smallest absolute Gasteiger partial charge is 0.420 e. The number of alkyl halides is 3. The van der Waals surface area contributed by atoms with Gasteiger partial charge in [0.2, 0.25) is 11.8 Å². The minimum absolute atomic E-state index is 0.00810. The molecule has 3 amide bonds. The molecule has 0 radical (unpaired) electrons. The quantitative estimate of drug-likeness (QED) is 0.0496. The molecule has 15 nitrogen and oxygen atoms in total. The molecule has 4 heterocycles. The Balaban J connectivity index is 0.900. The number of amides is 3. The van der Waals surface area contributed by atoms with E-state index in [2.05, 4.69) is 15.3 Å². The Kier molecular flexibility index (Phi) is 15.7. The highest BCUT2D eigenvalue weighted by molar-refractivity contribution is 7.81. The van der Waals surface area contributed by atoms with E-state index in [1.54, 1.807) is 38.6 Å². The maximum absolute atomic E-state index is 15.8. The molecule has 3 N–H and O–H groups in total. The van der Waals surface area contributed by atoms with Crippen molar-refractivity contribution in [1.29, 1.82) is 5.26 Å². The number of nitriles is 1. The van der Waals surface area contributed by atoms with Gasteiger partial charge in [-0.3, -0.25) is 24.3 Å². The molecule has 2 saturated heterocycles. The number of ether oxygens (including phenoxy) is 2. The van der Waals surface area contributed by atoms with Crippen molar-refractivity contribution in [3.8, 4) is 34.3 Å². The number of aliphatic hydroxyl groups is 2. The minimum atomic E-state index is -5.28. The zero-order valence-corrected chi connectivity index (χ0v) is 41.3. The van der Waals surface area contributed by atoms with Crippen molar-refractivity contribution < 1.29 is 60.4 Å². The Bertz CT molecular complexity index is 2960. The fourth-order valence-corrected chi connectivity index (χ4v) is 9.41. The molecule has 0 aliphatic carbocycles. The van der Waals surface area contributed by atoms with Crippen LogP contribution in [0.25, 0.3) is 22.5 Å². The second-order valence-electron chi connectivity index (χ2n) is 19.2. The number of carbonyl (C=O) groups excluding carboxylic acids is 3. The normalized spacial score (nSPS) is 17.7. The summed E-state index contributed by atoms with van der Waals surface area (Å²) >= 11 is 5.42. The Morgan fingerprint density at radius 2 is 1.67 bits per heavy atom. The van der Waals surface area contributed by atoms with Crippen molar-refractivity contribution >= 4 is 46.4 Å². The van der Waals surface area contributed by atoms with Gasteiger partial charge in [0.1, 0.15) is 41.4 Å². The summed E-state index contributed by atoms with van der Waals surface area (Å²) in [4.78, 5) is 52.4. The SMILES string of the molecule is Cn1c(-c2ccccc2)cnc1C(O)[C@@H]1C[C@@H](O)CN1C(=O)[C@@H](NC(=O)COCCCCOc1ccc(-c2ncc(N3C(=S)N(c4ccc(C#N)c(C(F)(F)F)c4F)C(=O)C3(C)C)cc2F)cc1F)C(C)(C)C. The van der Waals surface area contributed by atoms with Gasteiger partial charge in [0.05, 0.1) is 59.8 Å². The van der Waals surface area contributed by atoms with Crippen LogP contribution in [-0.4, -0.2) is 103 Å². The van der Waals surface area contributed by atoms with Gasteiger partial charge in [0.25, 0.3) is 5.91 Å². The first-order valence-corrected chi connectivity index (χ1v) is 23.4. The van der Waals surface area contributed by atoms with Crippen LogP contribution in [0, 0.1) is 34.2 Å². The molecule has 2 aliphatic rings. The number of nitrogens with one attached hydrogen (secondary N) is 1. The largest absolute Gasteiger partial charge is 0.491 e. The third-order valence-electron chi connectivity index (χ3n) is 12.6. The molecule has 22 heteroatoms. The van der Waals surface area contributed by atoms with Gasteiger partial charge >= 0.3 is 6.18 Å². The third kappa shape index (κ3) is 11.0. The summed E-state index contributed by atoms with van der Waals surface area (Å²) in [6, 6.07) is 15.0. The zero-order valence-electron chi connectivity index (χ0n) is 40.5. The van der Waals surface area contributed by atoms with Crippen molar-refractivity contribution in [3.63, 3.8) is 0 Å². The van der Waals surface area contributed by atoms with Crippen molar-refractivity contribution in [1.82, 2.24) is 24.8 Å². The van der Waals surface area contributed by atoms with Crippen LogP contribution in [0.3, 0.4) is 0 Å². The van der Waals surface area contributed by atoms with E-state index in [1.165, 1.54) is 36.9 Å². The zero-order chi connectivity index (χ0) is 53.3. The highest BCUT2D eigenvalue weighted by atomic mass is 32.1. The number of pyridine rings is 1. The minimum Gasteiger partial charge on any atom is -0.491 e. The number of aromatic nitrogens is 3. The second kappa shape index (κ2) is 21.3. The second-order valence-corrected chi connectivity index (χ2v) is 19.6. The molecule has 5 aromatic rings. The van der Waals surface area contributed by atoms with E-state index < -0.39 is 98.5 Å². The van der Waals surface area contributed by atoms with E-state index in [9.17, 15) is 37.8 Å². The number of imidazole rings is 1. The van der Waals surface area contributed by atoms with Crippen molar-refractivity contribution in [3.05, 3.63) is 114 Å². The lowest BCUT2D eigenvalue weighted by molar-refractivity contribution is -0.143. The number of anilines is 2. The summed E-state index contributed by atoms with van der Waals surface area (Å²) in [5.74, 6) is -5.54. The standard InChI is InChI=1S/C51H52F6N8O7S/c1-49(2,3)44(46(69)63-26-32(66)22-36(63)43(68)45-60-25-37(62(45)6)28-12-8-7-9-13-28)61-39(67)27-71-18-10-11-19-72-38-17-15-29(20-33(38)52)42-34(53)21-31(24-59-42)65-48(73)64(47(70)50(65,4)5)35-16-14-30(23-58)40(41(35)54)51(55,56)57/h7-9,12-17,20-21,24-25,32,36,43-44,66,68H,10-11,18-19,22,26-27H2,1-6H3,(H,61,67)/t32-,36+,43?,44-/m1/s1. The predicted molar refractivity (Wildman–Crippen MR) is 259 cm³/mol. The molecule has 73 heavy (non-hydrogen) atoms. The molecule has 3 aromatic carbocycles. The lowest BCUT2D eigenvalue weighted by Gasteiger charge is -2.36. The lowest BCUT2D eigenvalue weighted by atomic mass is 9.85. The number of thiocarbonyl (C=S) groups is 1. The Hall–Kier alpha value is -6.93. The first-order chi connectivity index (χ1) is 34.4. The van der Waals surface area contributed by atoms with Crippen LogP contribution in [0.4, 0.5) is 37.7 Å². The number of rotatable bonds is 16. The molecule has 0 spiro atoms. The first kappa shape index (κ1) is 53.9. The van der Waals surface area contributed by atoms with Gasteiger partial charge in [0.15, 0.2) is 28.3 Å². The van der Waals surface area contributed by atoms with E-state index in [0.717, 1.165) is 46.6 Å². The fraction of sp³-hybridized carbons (Fsp3) is 0.392. The van der Waals surface area contributed by atoms with Crippen molar-refractivity contribution in [2.75, 3.05) is 36.2 Å². The lowest BCUT2D eigenvalue weighted by Crippen LogP contribution is -2.57. The van der Waals surface area contributed by atoms with E-state index in [1.807, 2.05) is 30.3 Å². The number of carbonyl (C=O) groups is 3. The number of β-amino-alcohol motifs (C(OH)–C–C–N with tert-alkyl or cyclic N) is 1. The van der Waals surface area contributed by atoms with Gasteiger partial charge in [-0.25, -0.2) is 18.2 Å². The van der Waals surface area contributed by atoms with Gasteiger partial charge in [-0.1, -0.05) is 51.1 Å². The van der Waals surface area contributed by atoms with Crippen LogP contribution in [-0.2, 0) is 32.3 Å². The number of hydrogen-bond donors (Lipinski definition) is 3. The highest BCUT2D eigenvalue weighted by Gasteiger charge is 2.52. The van der Waals surface area contributed by atoms with Crippen LogP contribution in [0.1, 0.15) is 76.9 Å².